The van der Waals surface area contributed by atoms with E-state index in [0.29, 0.717) is 0 Å². The second-order valence-electron chi connectivity index (χ2n) is 0.597. The average molecular weight is 190 g/mol. The maximum atomic E-state index is 10.1. The summed E-state index contributed by atoms with van der Waals surface area (Å²) in [5.41, 5.74) is 0. The van der Waals surface area contributed by atoms with Gasteiger partial charge in [-0.15, -0.1) is 0 Å². The number of hydrogen-bond donors (Lipinski definition) is 0. The van der Waals surface area contributed by atoms with Crippen molar-refractivity contribution in [1.82, 2.24) is 0 Å². The fourth-order valence-corrected chi connectivity index (χ4v) is 3.31. The van der Waals surface area contributed by atoms with Gasteiger partial charge in [-0.25, -0.2) is 8.42 Å². The van der Waals surface area contributed by atoms with Gasteiger partial charge in [0, 0.05) is 0 Å². The van der Waals surface area contributed by atoms with Crippen molar-refractivity contribution in [1.29, 1.82) is 0 Å². The highest BCUT2D eigenvalue weighted by molar-refractivity contribution is 8.80. The lowest BCUT2D eigenvalue weighted by atomic mass is 15.9. The Morgan fingerprint density at radius 1 is 1.14 bits per heavy atom. The summed E-state index contributed by atoms with van der Waals surface area (Å²) in [6, 6.07) is 0. The monoisotopic (exact) mass is 190 g/mol. The van der Waals surface area contributed by atoms with Crippen LogP contribution in [0.5, 0.6) is 0 Å². The second kappa shape index (κ2) is 3.10. The molecule has 0 bridgehead atoms. The van der Waals surface area contributed by atoms with Gasteiger partial charge < -0.3 is 0 Å². The maximum Gasteiger partial charge on any atom is 0.256 e. The Balaban J connectivity index is 4.49. The van der Waals surface area contributed by atoms with Crippen LogP contribution in [0.4, 0.5) is 0 Å². The van der Waals surface area contributed by atoms with Crippen LogP contribution < -0.4 is 0 Å². The standard InChI is InChI=1S/O2P2S3/c1-7(2,3-5)4-6. The van der Waals surface area contributed by atoms with Crippen LogP contribution in [0.25, 0.3) is 0 Å². The summed E-state index contributed by atoms with van der Waals surface area (Å²) in [7, 11) is -3.08. The first-order valence-corrected chi connectivity index (χ1v) is 7.57. The quantitative estimate of drug-likeness (QED) is 0.609. The van der Waals surface area contributed by atoms with E-state index in [-0.39, 0.29) is 13.1 Å². The van der Waals surface area contributed by atoms with Gasteiger partial charge in [-0.3, -0.25) is 0 Å². The molecule has 0 rings (SSSR count). The molecule has 0 saturated carbocycles. The molecule has 0 radical (unpaired) electrons. The molecule has 0 saturated heterocycles. The van der Waals surface area contributed by atoms with Crippen LogP contribution in [-0.4, -0.2) is 8.42 Å². The van der Waals surface area contributed by atoms with E-state index in [1.165, 1.54) is 0 Å². The van der Waals surface area contributed by atoms with Crippen molar-refractivity contribution in [2.45, 2.75) is 0 Å². The molecule has 0 spiro atoms. The minimum Gasteiger partial charge on any atom is -0.209 e. The normalized spacial score (nSPS) is 12.6. The summed E-state index contributed by atoms with van der Waals surface area (Å²) in [6.45, 7) is -0.110. The summed E-state index contributed by atoms with van der Waals surface area (Å²) in [5.74, 6) is 0. The van der Waals surface area contributed by atoms with E-state index < -0.39 is 9.08 Å². The highest BCUT2D eigenvalue weighted by atomic mass is 33.2. The van der Waals surface area contributed by atoms with Gasteiger partial charge in [0.25, 0.3) is 9.08 Å². The maximum absolute atomic E-state index is 10.1. The van der Waals surface area contributed by atoms with Gasteiger partial charge in [-0.2, -0.15) is 0 Å². The predicted molar refractivity (Wildman–Crippen MR) is 37.5 cm³/mol. The second-order valence-corrected chi connectivity index (χ2v) is 9.12. The topological polar surface area (TPSA) is 34.1 Å². The van der Waals surface area contributed by atoms with Crippen molar-refractivity contribution in [3.8, 4) is 0 Å². The molecule has 0 aliphatic carbocycles. The summed E-state index contributed by atoms with van der Waals surface area (Å²) in [6.07, 6.45) is 0. The molecule has 0 aromatic rings. The molecular weight excluding hydrogens is 190 g/mol. The Morgan fingerprint density at radius 3 is 1.43 bits per heavy atom. The molecule has 40 valence electrons. The SMILES string of the molecule is O=S(=O)(P=S)P=S. The first-order chi connectivity index (χ1) is 3.12. The van der Waals surface area contributed by atoms with Gasteiger partial charge in [-0.1, -0.05) is 0 Å². The summed E-state index contributed by atoms with van der Waals surface area (Å²) in [4.78, 5) is 0. The predicted octanol–water partition coefficient (Wildman–Crippen LogP) is 1.05. The zero-order valence-corrected chi connectivity index (χ0v) is 7.17. The van der Waals surface area contributed by atoms with Crippen molar-refractivity contribution in [2.24, 2.45) is 0 Å². The van der Waals surface area contributed by atoms with Crippen LogP contribution in [0.2, 0.25) is 0 Å². The third-order valence-electron chi connectivity index (χ3n) is 0.188. The van der Waals surface area contributed by atoms with Gasteiger partial charge >= 0.3 is 0 Å². The number of hydrogen-bond acceptors (Lipinski definition) is 4. The first-order valence-electron chi connectivity index (χ1n) is 1.06. The van der Waals surface area contributed by atoms with E-state index in [1.54, 1.807) is 0 Å². The summed E-state index contributed by atoms with van der Waals surface area (Å²) in [5, 5.41) is 0. The zero-order chi connectivity index (χ0) is 5.91. The Morgan fingerprint density at radius 2 is 1.43 bits per heavy atom. The van der Waals surface area contributed by atoms with Crippen molar-refractivity contribution in [3.05, 3.63) is 0 Å². The summed E-state index contributed by atoms with van der Waals surface area (Å²) >= 11 is 8.40. The molecule has 0 aliphatic heterocycles. The molecule has 0 aromatic carbocycles. The van der Waals surface area contributed by atoms with E-state index in [1.807, 2.05) is 0 Å². The van der Waals surface area contributed by atoms with Gasteiger partial charge in [0.05, 0.1) is 0 Å². The Hall–Kier alpha value is 0.990. The lowest BCUT2D eigenvalue weighted by molar-refractivity contribution is 0.623. The van der Waals surface area contributed by atoms with Crippen molar-refractivity contribution in [2.75, 3.05) is 0 Å². The fourth-order valence-electron chi connectivity index (χ4n) is 0.0136. The molecule has 0 N–H and O–H groups in total. The van der Waals surface area contributed by atoms with Crippen molar-refractivity contribution < 1.29 is 8.42 Å². The van der Waals surface area contributed by atoms with Crippen LogP contribution in [0, 0.1) is 0 Å². The Bertz CT molecular complexity index is 151. The summed E-state index contributed by atoms with van der Waals surface area (Å²) < 4.78 is 20.3. The third kappa shape index (κ3) is 3.56. The molecule has 0 aliphatic rings. The fraction of sp³-hybridized carbons (Fsp3) is 0. The van der Waals surface area contributed by atoms with Crippen molar-refractivity contribution in [3.63, 3.8) is 0 Å². The van der Waals surface area contributed by atoms with Crippen molar-refractivity contribution >= 4 is 45.8 Å². The molecule has 0 heterocycles. The molecule has 0 atom stereocenters. The van der Waals surface area contributed by atoms with Gasteiger partial charge in [0.1, 0.15) is 13.1 Å². The van der Waals surface area contributed by atoms with E-state index in [2.05, 4.69) is 23.6 Å². The minimum atomic E-state index is -3.08. The lowest BCUT2D eigenvalue weighted by Crippen LogP contribution is -1.66. The molecule has 0 amide bonds. The average Bonchev–Trinajstić information content (AvgIpc) is 1.68. The highest BCUT2D eigenvalue weighted by Crippen LogP contribution is 2.20. The largest absolute Gasteiger partial charge is 0.256 e. The zero-order valence-electron chi connectivity index (χ0n) is 2.94. The number of rotatable bonds is 2. The molecule has 2 nitrogen and oxygen atoms in total. The van der Waals surface area contributed by atoms with E-state index in [4.69, 9.17) is 0 Å². The minimum absolute atomic E-state index is 0.0552. The Labute approximate surface area is 54.4 Å². The molecule has 0 aromatic heterocycles. The third-order valence-corrected chi connectivity index (χ3v) is 8.69. The van der Waals surface area contributed by atoms with E-state index in [0.717, 1.165) is 0 Å². The van der Waals surface area contributed by atoms with Crippen LogP contribution in [0.3, 0.4) is 0 Å². The molecule has 0 unspecified atom stereocenters. The lowest BCUT2D eigenvalue weighted by Gasteiger charge is -1.71. The Kier molecular flexibility index (Phi) is 3.54. The molecule has 7 heavy (non-hydrogen) atoms. The smallest absolute Gasteiger partial charge is 0.209 e. The van der Waals surface area contributed by atoms with Crippen LogP contribution in [0.15, 0.2) is 0 Å². The van der Waals surface area contributed by atoms with Crippen LogP contribution in [0.1, 0.15) is 0 Å². The molecule has 7 heteroatoms. The van der Waals surface area contributed by atoms with E-state index in [9.17, 15) is 8.42 Å². The van der Waals surface area contributed by atoms with Gasteiger partial charge in [0.2, 0.25) is 0 Å². The molecular formula is O2P2S3. The van der Waals surface area contributed by atoms with E-state index >= 15 is 0 Å². The van der Waals surface area contributed by atoms with Crippen LogP contribution >= 0.6 is 13.1 Å². The van der Waals surface area contributed by atoms with Crippen LogP contribution in [-0.2, 0) is 32.7 Å². The first kappa shape index (κ1) is 7.99. The molecule has 0 fully saturated rings. The van der Waals surface area contributed by atoms with Gasteiger partial charge in [0.15, 0.2) is 0 Å². The van der Waals surface area contributed by atoms with Gasteiger partial charge in [-0.05, 0) is 23.6 Å². The highest BCUT2D eigenvalue weighted by Gasteiger charge is 1.97.